The Labute approximate surface area is 480 Å². The molecule has 0 amide bonds. The van der Waals surface area contributed by atoms with Crippen LogP contribution in [-0.2, 0) is 0 Å². The lowest BCUT2D eigenvalue weighted by atomic mass is 9.90. The quantitative estimate of drug-likeness (QED) is 0.129. The number of hydrogen-bond acceptors (Lipinski definition) is 5. The first-order valence-corrected chi connectivity index (χ1v) is 29.1. The molecule has 0 saturated carbocycles. The van der Waals surface area contributed by atoms with Crippen LogP contribution in [0.15, 0.2) is 303 Å². The average molecular weight is 1070 g/mol. The van der Waals surface area contributed by atoms with Crippen LogP contribution in [0.2, 0.25) is 0 Å². The molecule has 16 rings (SSSR count). The van der Waals surface area contributed by atoms with Crippen LogP contribution in [0.4, 0.5) is 39.8 Å². The molecule has 0 N–H and O–H groups in total. The van der Waals surface area contributed by atoms with E-state index in [4.69, 9.17) is 4.74 Å². The number of fused-ring (bicyclic) bond motifs is 10. The SMILES string of the molecule is C1=CCC(N(C2=CC3c4ccccc4OC3C=C2)c2ccc3sc4ccc(N(c5ccccc5)c5cc(-c6ccc7c8c(N(c9ccccc9)c9ccccc9)cccc8n(-c8ccccc8)c7c6)cc6ccccc56)cc4c3c2)C=C1. The highest BCUT2D eigenvalue weighted by molar-refractivity contribution is 7.25. The summed E-state index contributed by atoms with van der Waals surface area (Å²) in [6.45, 7) is 0. The van der Waals surface area contributed by atoms with Crippen LogP contribution in [0.1, 0.15) is 17.9 Å². The molecule has 0 bridgehead atoms. The Morgan fingerprint density at radius 2 is 1.11 bits per heavy atom. The van der Waals surface area contributed by atoms with Crippen molar-refractivity contribution < 1.29 is 4.74 Å². The Morgan fingerprint density at radius 1 is 0.451 bits per heavy atom. The van der Waals surface area contributed by atoms with Gasteiger partial charge >= 0.3 is 0 Å². The number of aromatic nitrogens is 1. The predicted molar refractivity (Wildman–Crippen MR) is 346 cm³/mol. The normalized spacial score (nSPS) is 16.1. The van der Waals surface area contributed by atoms with Crippen molar-refractivity contribution >= 4 is 104 Å². The minimum atomic E-state index is -0.000573. The van der Waals surface area contributed by atoms with E-state index < -0.39 is 0 Å². The van der Waals surface area contributed by atoms with Gasteiger partial charge in [-0.3, -0.25) is 0 Å². The van der Waals surface area contributed by atoms with Crippen molar-refractivity contribution in [3.05, 3.63) is 309 Å². The van der Waals surface area contributed by atoms with Gasteiger partial charge in [0.2, 0.25) is 0 Å². The maximum absolute atomic E-state index is 6.43. The van der Waals surface area contributed by atoms with E-state index in [9.17, 15) is 0 Å². The van der Waals surface area contributed by atoms with Crippen molar-refractivity contribution in [2.24, 2.45) is 0 Å². The van der Waals surface area contributed by atoms with Crippen LogP contribution in [0.5, 0.6) is 5.75 Å². The van der Waals surface area contributed by atoms with Crippen LogP contribution >= 0.6 is 11.3 Å². The first-order valence-electron chi connectivity index (χ1n) is 28.3. The Hall–Kier alpha value is -10.1. The average Bonchev–Trinajstić information content (AvgIpc) is 4.40. The van der Waals surface area contributed by atoms with Gasteiger partial charge in [0, 0.05) is 87.6 Å². The first kappa shape index (κ1) is 47.8. The first-order chi connectivity index (χ1) is 40.7. The lowest BCUT2D eigenvalue weighted by Crippen LogP contribution is -2.34. The molecule has 3 unspecified atom stereocenters. The monoisotopic (exact) mass is 1070 g/mol. The lowest BCUT2D eigenvalue weighted by molar-refractivity contribution is 0.268. The molecule has 11 aromatic carbocycles. The van der Waals surface area contributed by atoms with Crippen LogP contribution in [0.3, 0.4) is 0 Å². The molecule has 390 valence electrons. The third-order valence-corrected chi connectivity index (χ3v) is 17.9. The summed E-state index contributed by atoms with van der Waals surface area (Å²) in [5, 5.41) is 7.22. The van der Waals surface area contributed by atoms with E-state index in [-0.39, 0.29) is 18.1 Å². The van der Waals surface area contributed by atoms with Gasteiger partial charge in [0.1, 0.15) is 11.9 Å². The molecule has 3 heterocycles. The van der Waals surface area contributed by atoms with Gasteiger partial charge < -0.3 is 24.0 Å². The molecule has 1 aliphatic heterocycles. The summed E-state index contributed by atoms with van der Waals surface area (Å²) in [7, 11) is 0. The zero-order valence-electron chi connectivity index (χ0n) is 44.8. The number of para-hydroxylation sites is 5. The van der Waals surface area contributed by atoms with Gasteiger partial charge in [0.25, 0.3) is 0 Å². The Bertz CT molecular complexity index is 4690. The summed E-state index contributed by atoms with van der Waals surface area (Å²) in [6.07, 6.45) is 16.9. The molecule has 0 saturated heterocycles. The van der Waals surface area contributed by atoms with Crippen LogP contribution in [0.25, 0.3) is 69.6 Å². The van der Waals surface area contributed by atoms with Crippen molar-refractivity contribution in [3.8, 4) is 22.6 Å². The zero-order chi connectivity index (χ0) is 54.1. The molecule has 6 heteroatoms. The number of rotatable bonds is 11. The number of anilines is 7. The molecule has 82 heavy (non-hydrogen) atoms. The molecule has 0 spiro atoms. The minimum absolute atomic E-state index is 0.000573. The van der Waals surface area contributed by atoms with E-state index in [1.165, 1.54) is 58.7 Å². The second-order valence-corrected chi connectivity index (χ2v) is 22.6. The summed E-state index contributed by atoms with van der Waals surface area (Å²) < 4.78 is 11.4. The fourth-order valence-corrected chi connectivity index (χ4v) is 14.1. The summed E-state index contributed by atoms with van der Waals surface area (Å²) in [4.78, 5) is 7.39. The summed E-state index contributed by atoms with van der Waals surface area (Å²) >= 11 is 1.86. The molecule has 13 aromatic rings. The fraction of sp³-hybridized carbons (Fsp3) is 0.0526. The molecule has 5 nitrogen and oxygen atoms in total. The molecule has 0 fully saturated rings. The molecular weight excluding hydrogens is 1020 g/mol. The maximum atomic E-state index is 6.43. The van der Waals surface area contributed by atoms with E-state index >= 15 is 0 Å². The Morgan fingerprint density at radius 3 is 1.84 bits per heavy atom. The summed E-state index contributed by atoms with van der Waals surface area (Å²) in [5.74, 6) is 1.13. The number of ether oxygens (including phenoxy) is 1. The standard InChI is InChI=1S/C76H54N4OS/c1-6-22-54(23-7-1)77(59-38-42-73-65(48-59)63-33-18-19-36-72(63)81-73)60-39-43-74-66(49-60)67-50-61(40-44-75(67)82-74)79(57-28-12-4-13-29-57)70-47-53(45-52-21-16-17-32-62(52)70)51-37-41-64-71(46-51)80(58-30-14-5-15-31-58)69-35-20-34-68(76(64)69)78(55-24-8-2-9-25-55)56-26-10-3-11-27-56/h1-22,24-50,54,65,73H,23H2. The van der Waals surface area contributed by atoms with E-state index in [2.05, 4.69) is 317 Å². The van der Waals surface area contributed by atoms with Gasteiger partial charge in [0.05, 0.1) is 28.5 Å². The summed E-state index contributed by atoms with van der Waals surface area (Å²) in [5.41, 5.74) is 15.9. The predicted octanol–water partition coefficient (Wildman–Crippen LogP) is 20.6. The van der Waals surface area contributed by atoms with E-state index in [0.29, 0.717) is 0 Å². The van der Waals surface area contributed by atoms with Gasteiger partial charge in [0.15, 0.2) is 0 Å². The fourth-order valence-electron chi connectivity index (χ4n) is 13.0. The summed E-state index contributed by atoms with van der Waals surface area (Å²) in [6, 6.07) is 93.4. The number of thiophene rings is 1. The van der Waals surface area contributed by atoms with Crippen molar-refractivity contribution in [2.75, 3.05) is 14.7 Å². The lowest BCUT2D eigenvalue weighted by Gasteiger charge is -2.35. The van der Waals surface area contributed by atoms with Crippen molar-refractivity contribution in [2.45, 2.75) is 24.5 Å². The number of benzene rings is 11. The molecule has 2 aromatic heterocycles. The van der Waals surface area contributed by atoms with E-state index in [1.54, 1.807) is 0 Å². The molecule has 3 atom stereocenters. The number of hydrogen-bond donors (Lipinski definition) is 0. The topological polar surface area (TPSA) is 23.9 Å². The largest absolute Gasteiger partial charge is 0.485 e. The number of nitrogens with zero attached hydrogens (tertiary/aromatic N) is 4. The third kappa shape index (κ3) is 8.13. The minimum Gasteiger partial charge on any atom is -0.485 e. The van der Waals surface area contributed by atoms with Gasteiger partial charge in [-0.15, -0.1) is 11.3 Å². The van der Waals surface area contributed by atoms with E-state index in [1.807, 2.05) is 11.3 Å². The molecule has 0 radical (unpaired) electrons. The van der Waals surface area contributed by atoms with Gasteiger partial charge in [-0.1, -0.05) is 158 Å². The van der Waals surface area contributed by atoms with Gasteiger partial charge in [-0.25, -0.2) is 0 Å². The highest BCUT2D eigenvalue weighted by atomic mass is 32.1. The van der Waals surface area contributed by atoms with Crippen LogP contribution < -0.4 is 19.4 Å². The maximum Gasteiger partial charge on any atom is 0.128 e. The number of allylic oxidation sites excluding steroid dienone is 3. The molecular formula is C76H54N4OS. The third-order valence-electron chi connectivity index (χ3n) is 16.7. The smallest absolute Gasteiger partial charge is 0.128 e. The van der Waals surface area contributed by atoms with Gasteiger partial charge in [-0.2, -0.15) is 0 Å². The highest BCUT2D eigenvalue weighted by Crippen LogP contribution is 2.49. The molecule has 2 aliphatic carbocycles. The van der Waals surface area contributed by atoms with Crippen LogP contribution in [0, 0.1) is 0 Å². The Kier molecular flexibility index (Phi) is 11.6. The van der Waals surface area contributed by atoms with Crippen molar-refractivity contribution in [1.29, 1.82) is 0 Å². The van der Waals surface area contributed by atoms with Crippen molar-refractivity contribution in [3.63, 3.8) is 0 Å². The second-order valence-electron chi connectivity index (χ2n) is 21.5. The zero-order valence-corrected chi connectivity index (χ0v) is 45.7. The van der Waals surface area contributed by atoms with Crippen LogP contribution in [-0.4, -0.2) is 16.7 Å². The van der Waals surface area contributed by atoms with Gasteiger partial charge in [-0.05, 0) is 162 Å². The Balaban J connectivity index is 0.852. The van der Waals surface area contributed by atoms with Crippen molar-refractivity contribution in [1.82, 2.24) is 4.57 Å². The second kappa shape index (κ2) is 19.9. The van der Waals surface area contributed by atoms with E-state index in [0.717, 1.165) is 74.1 Å². The molecule has 3 aliphatic rings. The highest BCUT2D eigenvalue weighted by Gasteiger charge is 2.35.